The van der Waals surface area contributed by atoms with Gasteiger partial charge in [0, 0.05) is 12.8 Å². The first-order valence-corrected chi connectivity index (χ1v) is 18.5. The molecule has 268 valence electrons. The monoisotopic (exact) mass is 657 g/mol. The summed E-state index contributed by atoms with van der Waals surface area (Å²) in [4.78, 5) is 23.8. The number of rotatable bonds is 31. The molecular weight excluding hydrogens is 588 g/mol. The summed E-state index contributed by atoms with van der Waals surface area (Å²) in [6, 6.07) is 0. The largest absolute Gasteiger partial charge is 0.463 e. The van der Waals surface area contributed by atoms with Gasteiger partial charge in [-0.15, -0.1) is 0 Å². The highest BCUT2D eigenvalue weighted by atomic mass is 16.6. The second-order valence-electron chi connectivity index (χ2n) is 12.6. The maximum Gasteiger partial charge on any atom is 0.306 e. The third-order valence-corrected chi connectivity index (χ3v) is 7.48. The molecule has 0 saturated heterocycles. The molecule has 0 fully saturated rings. The van der Waals surface area contributed by atoms with Crippen LogP contribution in [0.4, 0.5) is 0 Å². The SMILES string of the molecule is CC/C=C\C/C=C\CC(O)/C=C/C=C\C/C=C\C/C=C\CCC(=O)OC[C@H](O)COC(=O)CCCCCCCCCCCCC(C)C. The number of carbonyl (C=O) groups excluding carboxylic acids is 2. The van der Waals surface area contributed by atoms with E-state index in [1.165, 1.54) is 51.4 Å². The van der Waals surface area contributed by atoms with Crippen molar-refractivity contribution in [3.63, 3.8) is 0 Å². The van der Waals surface area contributed by atoms with E-state index in [1.54, 1.807) is 6.08 Å². The lowest BCUT2D eigenvalue weighted by Crippen LogP contribution is -2.25. The Morgan fingerprint density at radius 3 is 1.72 bits per heavy atom. The molecule has 0 radical (unpaired) electrons. The van der Waals surface area contributed by atoms with Gasteiger partial charge in [0.15, 0.2) is 0 Å². The van der Waals surface area contributed by atoms with E-state index < -0.39 is 12.2 Å². The van der Waals surface area contributed by atoms with Crippen molar-refractivity contribution in [2.24, 2.45) is 5.92 Å². The molecule has 0 aliphatic heterocycles. The Hall–Kier alpha value is -2.70. The Bertz CT molecular complexity index is 911. The molecule has 0 saturated carbocycles. The van der Waals surface area contributed by atoms with Crippen molar-refractivity contribution < 1.29 is 29.3 Å². The summed E-state index contributed by atoms with van der Waals surface area (Å²) in [7, 11) is 0. The molecular formula is C41H68O6. The summed E-state index contributed by atoms with van der Waals surface area (Å²) < 4.78 is 10.2. The normalized spacial score (nSPS) is 13.8. The van der Waals surface area contributed by atoms with Crippen molar-refractivity contribution in [2.45, 2.75) is 155 Å². The lowest BCUT2D eigenvalue weighted by atomic mass is 10.0. The molecule has 0 aromatic rings. The number of allylic oxidation sites excluding steroid dienone is 10. The molecule has 1 unspecified atom stereocenters. The van der Waals surface area contributed by atoms with E-state index in [2.05, 4.69) is 51.2 Å². The van der Waals surface area contributed by atoms with Gasteiger partial charge >= 0.3 is 11.9 Å². The molecule has 0 aliphatic rings. The molecule has 0 aromatic carbocycles. The van der Waals surface area contributed by atoms with E-state index in [-0.39, 0.29) is 31.6 Å². The smallest absolute Gasteiger partial charge is 0.306 e. The molecule has 0 aromatic heterocycles. The van der Waals surface area contributed by atoms with Gasteiger partial charge in [-0.05, 0) is 50.9 Å². The summed E-state index contributed by atoms with van der Waals surface area (Å²) in [6.07, 6.45) is 41.4. The molecule has 0 rings (SSSR count). The Kier molecular flexibility index (Phi) is 32.6. The fourth-order valence-corrected chi connectivity index (χ4v) is 4.67. The quantitative estimate of drug-likeness (QED) is 0.0334. The average Bonchev–Trinajstić information content (AvgIpc) is 3.05. The predicted molar refractivity (Wildman–Crippen MR) is 197 cm³/mol. The van der Waals surface area contributed by atoms with Crippen LogP contribution < -0.4 is 0 Å². The second kappa shape index (κ2) is 34.6. The first-order chi connectivity index (χ1) is 22.8. The topological polar surface area (TPSA) is 93.1 Å². The van der Waals surface area contributed by atoms with Gasteiger partial charge < -0.3 is 19.7 Å². The lowest BCUT2D eigenvalue weighted by molar-refractivity contribution is -0.152. The van der Waals surface area contributed by atoms with Crippen LogP contribution in [0.3, 0.4) is 0 Å². The molecule has 0 aliphatic carbocycles. The highest BCUT2D eigenvalue weighted by Crippen LogP contribution is 2.14. The zero-order valence-electron chi connectivity index (χ0n) is 30.0. The van der Waals surface area contributed by atoms with Crippen LogP contribution in [0.1, 0.15) is 143 Å². The van der Waals surface area contributed by atoms with Crippen LogP contribution >= 0.6 is 0 Å². The Labute approximate surface area is 287 Å². The minimum Gasteiger partial charge on any atom is -0.463 e. The van der Waals surface area contributed by atoms with Gasteiger partial charge in [0.25, 0.3) is 0 Å². The molecule has 2 atom stereocenters. The fraction of sp³-hybridized carbons (Fsp3) is 0.659. The lowest BCUT2D eigenvalue weighted by Gasteiger charge is -2.12. The van der Waals surface area contributed by atoms with E-state index in [0.717, 1.165) is 50.9 Å². The number of unbranched alkanes of at least 4 members (excludes halogenated alkanes) is 9. The number of aliphatic hydroxyl groups excluding tert-OH is 2. The Morgan fingerprint density at radius 2 is 1.11 bits per heavy atom. The molecule has 0 bridgehead atoms. The fourth-order valence-electron chi connectivity index (χ4n) is 4.67. The van der Waals surface area contributed by atoms with Crippen molar-refractivity contribution >= 4 is 11.9 Å². The third-order valence-electron chi connectivity index (χ3n) is 7.48. The van der Waals surface area contributed by atoms with Crippen molar-refractivity contribution in [1.82, 2.24) is 0 Å². The number of hydrogen-bond acceptors (Lipinski definition) is 6. The maximum absolute atomic E-state index is 11.9. The minimum atomic E-state index is -1.01. The number of ether oxygens (including phenoxy) is 2. The van der Waals surface area contributed by atoms with Crippen LogP contribution in [0.15, 0.2) is 72.9 Å². The van der Waals surface area contributed by atoms with Crippen LogP contribution in [0.2, 0.25) is 0 Å². The summed E-state index contributed by atoms with van der Waals surface area (Å²) in [5.41, 5.74) is 0. The van der Waals surface area contributed by atoms with Crippen molar-refractivity contribution in [2.75, 3.05) is 13.2 Å². The standard InChI is InChI=1S/C41H68O6/c1-4-5-6-7-21-26-31-38(42)32-27-22-17-13-9-11-15-19-24-29-34-41(45)47-36-39(43)35-46-40(44)33-28-23-18-14-10-8-12-16-20-25-30-37(2)3/h5-6,9,11,17,19,21-22,24,26-27,32,37-39,42-43H,4,7-8,10,12-16,18,20,23,25,28-31,33-36H2,1-3H3/b6-5-,11-9-,22-17-,24-19-,26-21-,32-27+/t38?,39-/m1/s1. The van der Waals surface area contributed by atoms with Crippen LogP contribution in [0, 0.1) is 5.92 Å². The molecule has 6 nitrogen and oxygen atoms in total. The van der Waals surface area contributed by atoms with Gasteiger partial charge in [-0.25, -0.2) is 0 Å². The van der Waals surface area contributed by atoms with Gasteiger partial charge in [-0.3, -0.25) is 9.59 Å². The van der Waals surface area contributed by atoms with E-state index >= 15 is 0 Å². The summed E-state index contributed by atoms with van der Waals surface area (Å²) in [5, 5.41) is 19.9. The summed E-state index contributed by atoms with van der Waals surface area (Å²) >= 11 is 0. The Balaban J connectivity index is 3.68. The zero-order valence-corrected chi connectivity index (χ0v) is 30.0. The average molecular weight is 657 g/mol. The highest BCUT2D eigenvalue weighted by molar-refractivity contribution is 5.70. The van der Waals surface area contributed by atoms with Crippen LogP contribution in [0.25, 0.3) is 0 Å². The van der Waals surface area contributed by atoms with Crippen LogP contribution in [0.5, 0.6) is 0 Å². The van der Waals surface area contributed by atoms with Crippen molar-refractivity contribution in [1.29, 1.82) is 0 Å². The summed E-state index contributed by atoms with van der Waals surface area (Å²) in [5.74, 6) is 0.123. The highest BCUT2D eigenvalue weighted by Gasteiger charge is 2.11. The van der Waals surface area contributed by atoms with Gasteiger partial charge in [-0.1, -0.05) is 158 Å². The van der Waals surface area contributed by atoms with Crippen LogP contribution in [-0.2, 0) is 19.1 Å². The molecule has 2 N–H and O–H groups in total. The molecule has 6 heteroatoms. The van der Waals surface area contributed by atoms with Gasteiger partial charge in [-0.2, -0.15) is 0 Å². The van der Waals surface area contributed by atoms with Crippen molar-refractivity contribution in [3.8, 4) is 0 Å². The molecule has 0 spiro atoms. The Morgan fingerprint density at radius 1 is 0.596 bits per heavy atom. The number of hydrogen-bond donors (Lipinski definition) is 2. The van der Waals surface area contributed by atoms with E-state index in [1.807, 2.05) is 36.5 Å². The molecule has 0 heterocycles. The number of carbonyl (C=O) groups is 2. The maximum atomic E-state index is 11.9. The van der Waals surface area contributed by atoms with Crippen LogP contribution in [-0.4, -0.2) is 47.6 Å². The van der Waals surface area contributed by atoms with Gasteiger partial charge in [0.05, 0.1) is 6.10 Å². The predicted octanol–water partition coefficient (Wildman–Crippen LogP) is 10.2. The van der Waals surface area contributed by atoms with E-state index in [9.17, 15) is 19.8 Å². The first-order valence-electron chi connectivity index (χ1n) is 18.5. The van der Waals surface area contributed by atoms with Gasteiger partial charge in [0.1, 0.15) is 19.3 Å². The second-order valence-corrected chi connectivity index (χ2v) is 12.6. The molecule has 0 amide bonds. The van der Waals surface area contributed by atoms with E-state index in [0.29, 0.717) is 19.3 Å². The third kappa shape index (κ3) is 36.0. The number of esters is 2. The first kappa shape index (κ1) is 44.3. The summed E-state index contributed by atoms with van der Waals surface area (Å²) in [6.45, 7) is 6.36. The zero-order chi connectivity index (χ0) is 34.6. The van der Waals surface area contributed by atoms with E-state index in [4.69, 9.17) is 9.47 Å². The molecule has 47 heavy (non-hydrogen) atoms. The minimum absolute atomic E-state index is 0.155. The number of aliphatic hydroxyl groups is 2. The van der Waals surface area contributed by atoms with Crippen molar-refractivity contribution in [3.05, 3.63) is 72.9 Å². The van der Waals surface area contributed by atoms with Gasteiger partial charge in [0.2, 0.25) is 0 Å².